The van der Waals surface area contributed by atoms with Crippen LogP contribution in [0.5, 0.6) is 0 Å². The zero-order chi connectivity index (χ0) is 21.1. The maximum Gasteiger partial charge on any atom is 0.305 e. The molecule has 2 aromatic rings. The van der Waals surface area contributed by atoms with Crippen LogP contribution in [0, 0.1) is 0 Å². The molecule has 0 radical (unpaired) electrons. The van der Waals surface area contributed by atoms with Gasteiger partial charge in [-0.05, 0) is 31.0 Å². The molecule has 2 amide bonds. The first-order chi connectivity index (χ1) is 14.6. The van der Waals surface area contributed by atoms with Crippen LogP contribution >= 0.6 is 0 Å². The van der Waals surface area contributed by atoms with Gasteiger partial charge in [-0.25, -0.2) is 0 Å². The first-order valence-electron chi connectivity index (χ1n) is 10.4. The topological polar surface area (TPSA) is 76.2 Å². The van der Waals surface area contributed by atoms with Gasteiger partial charge in [-0.1, -0.05) is 18.6 Å². The number of rotatable bonds is 7. The van der Waals surface area contributed by atoms with Gasteiger partial charge in [0.05, 0.1) is 20.3 Å². The summed E-state index contributed by atoms with van der Waals surface area (Å²) in [5, 5.41) is 1.68. The molecule has 4 rings (SSSR count). The third-order valence-electron chi connectivity index (χ3n) is 5.81. The molecule has 2 heterocycles. The van der Waals surface area contributed by atoms with E-state index in [2.05, 4.69) is 9.64 Å². The highest BCUT2D eigenvalue weighted by Crippen LogP contribution is 2.36. The average Bonchev–Trinajstić information content (AvgIpc) is 2.79. The second kappa shape index (κ2) is 8.83. The minimum atomic E-state index is -0.245. The Morgan fingerprint density at radius 3 is 2.47 bits per heavy atom. The molecule has 1 fully saturated rings. The average molecular weight is 410 g/mol. The van der Waals surface area contributed by atoms with E-state index in [4.69, 9.17) is 4.74 Å². The maximum atomic E-state index is 13.1. The summed E-state index contributed by atoms with van der Waals surface area (Å²) in [6.45, 7) is 3.27. The van der Waals surface area contributed by atoms with Gasteiger partial charge >= 0.3 is 5.97 Å². The monoisotopic (exact) mass is 410 g/mol. The van der Waals surface area contributed by atoms with Crippen molar-refractivity contribution in [1.82, 2.24) is 4.90 Å². The number of morpholine rings is 1. The molecule has 2 aromatic carbocycles. The fraction of sp³-hybridized carbons (Fsp3) is 0.435. The molecule has 1 saturated heterocycles. The summed E-state index contributed by atoms with van der Waals surface area (Å²) in [6, 6.07) is 9.49. The normalized spacial score (nSPS) is 16.3. The Morgan fingerprint density at radius 2 is 1.73 bits per heavy atom. The van der Waals surface area contributed by atoms with Crippen molar-refractivity contribution in [3.05, 3.63) is 41.5 Å². The lowest BCUT2D eigenvalue weighted by molar-refractivity contribution is -0.140. The Labute approximate surface area is 175 Å². The second-order valence-electron chi connectivity index (χ2n) is 7.61. The third-order valence-corrected chi connectivity index (χ3v) is 5.81. The molecular weight excluding hydrogens is 384 g/mol. The van der Waals surface area contributed by atoms with Crippen LogP contribution in [-0.4, -0.2) is 62.6 Å². The summed E-state index contributed by atoms with van der Waals surface area (Å²) in [4.78, 5) is 41.0. The van der Waals surface area contributed by atoms with E-state index in [1.54, 1.807) is 6.07 Å². The molecule has 0 spiro atoms. The molecule has 7 heteroatoms. The molecule has 0 aromatic heterocycles. The minimum Gasteiger partial charge on any atom is -0.469 e. The van der Waals surface area contributed by atoms with Crippen molar-refractivity contribution in [3.63, 3.8) is 0 Å². The van der Waals surface area contributed by atoms with E-state index >= 15 is 0 Å². The summed E-state index contributed by atoms with van der Waals surface area (Å²) in [5.41, 5.74) is 2.19. The van der Waals surface area contributed by atoms with Crippen LogP contribution in [0.3, 0.4) is 0 Å². The highest BCUT2D eigenvalue weighted by molar-refractivity contribution is 6.26. The van der Waals surface area contributed by atoms with Crippen LogP contribution in [0.15, 0.2) is 30.3 Å². The smallest absolute Gasteiger partial charge is 0.305 e. The number of anilines is 1. The van der Waals surface area contributed by atoms with Gasteiger partial charge < -0.3 is 14.4 Å². The van der Waals surface area contributed by atoms with Crippen molar-refractivity contribution in [2.24, 2.45) is 0 Å². The van der Waals surface area contributed by atoms with Crippen molar-refractivity contribution in [2.75, 3.05) is 44.9 Å². The molecule has 0 saturated carbocycles. The number of hydrogen-bond acceptors (Lipinski definition) is 6. The molecule has 30 heavy (non-hydrogen) atoms. The molecule has 158 valence electrons. The Kier molecular flexibility index (Phi) is 5.99. The fourth-order valence-electron chi connectivity index (χ4n) is 4.23. The summed E-state index contributed by atoms with van der Waals surface area (Å²) >= 11 is 0. The quantitative estimate of drug-likeness (QED) is 0.397. The summed E-state index contributed by atoms with van der Waals surface area (Å²) in [5.74, 6) is -0.729. The molecule has 0 atom stereocenters. The number of hydrogen-bond donors (Lipinski definition) is 0. The first kappa shape index (κ1) is 20.3. The largest absolute Gasteiger partial charge is 0.469 e. The number of methoxy groups -OCH3 is 1. The zero-order valence-corrected chi connectivity index (χ0v) is 17.2. The van der Waals surface area contributed by atoms with Gasteiger partial charge in [0.1, 0.15) is 0 Å². The first-order valence-corrected chi connectivity index (χ1v) is 10.4. The number of benzene rings is 2. The van der Waals surface area contributed by atoms with E-state index in [-0.39, 0.29) is 17.8 Å². The van der Waals surface area contributed by atoms with E-state index in [0.717, 1.165) is 36.0 Å². The number of carbonyl (C=O) groups is 3. The van der Waals surface area contributed by atoms with Crippen molar-refractivity contribution >= 4 is 34.2 Å². The molecule has 0 unspecified atom stereocenters. The van der Waals surface area contributed by atoms with Crippen molar-refractivity contribution in [3.8, 4) is 0 Å². The highest BCUT2D eigenvalue weighted by atomic mass is 16.5. The van der Waals surface area contributed by atoms with E-state index in [1.165, 1.54) is 12.0 Å². The van der Waals surface area contributed by atoms with Gasteiger partial charge in [0.2, 0.25) is 0 Å². The number of nitrogens with zero attached hydrogens (tertiary/aromatic N) is 2. The molecular formula is C23H26N2O5. The maximum absolute atomic E-state index is 13.1. The lowest BCUT2D eigenvalue weighted by atomic mass is 9.92. The Morgan fingerprint density at radius 1 is 1.00 bits per heavy atom. The van der Waals surface area contributed by atoms with Crippen LogP contribution in [0.4, 0.5) is 5.69 Å². The molecule has 7 nitrogen and oxygen atoms in total. The summed E-state index contributed by atoms with van der Waals surface area (Å²) in [7, 11) is 1.37. The lowest BCUT2D eigenvalue weighted by Crippen LogP contribution is -2.41. The van der Waals surface area contributed by atoms with E-state index in [0.29, 0.717) is 50.1 Å². The number of carbonyl (C=O) groups excluding carboxylic acids is 3. The van der Waals surface area contributed by atoms with Gasteiger partial charge in [-0.3, -0.25) is 19.3 Å². The Bertz CT molecular complexity index is 959. The third kappa shape index (κ3) is 3.77. The fourth-order valence-corrected chi connectivity index (χ4v) is 4.23. The van der Waals surface area contributed by atoms with E-state index in [9.17, 15) is 14.4 Å². The van der Waals surface area contributed by atoms with Gasteiger partial charge in [0.25, 0.3) is 11.8 Å². The number of amides is 2. The predicted molar refractivity (Wildman–Crippen MR) is 113 cm³/mol. The van der Waals surface area contributed by atoms with Gasteiger partial charge in [-0.2, -0.15) is 0 Å². The van der Waals surface area contributed by atoms with E-state index < -0.39 is 0 Å². The summed E-state index contributed by atoms with van der Waals surface area (Å²) < 4.78 is 10.1. The van der Waals surface area contributed by atoms with Crippen molar-refractivity contribution in [1.29, 1.82) is 0 Å². The predicted octanol–water partition coefficient (Wildman–Crippen LogP) is 3.01. The molecule has 0 bridgehead atoms. The molecule has 0 N–H and O–H groups in total. The molecule has 0 aliphatic carbocycles. The number of esters is 1. The zero-order valence-electron chi connectivity index (χ0n) is 17.2. The van der Waals surface area contributed by atoms with Crippen molar-refractivity contribution in [2.45, 2.75) is 25.7 Å². The van der Waals surface area contributed by atoms with Gasteiger partial charge in [0.15, 0.2) is 0 Å². The highest BCUT2D eigenvalue weighted by Gasteiger charge is 2.33. The van der Waals surface area contributed by atoms with Crippen LogP contribution in [0.1, 0.15) is 46.4 Å². The van der Waals surface area contributed by atoms with Gasteiger partial charge in [-0.15, -0.1) is 0 Å². The van der Waals surface area contributed by atoms with E-state index in [1.807, 2.05) is 24.3 Å². The molecule has 2 aliphatic heterocycles. The Hall–Kier alpha value is -2.93. The minimum absolute atomic E-state index is 0.239. The van der Waals surface area contributed by atoms with Crippen LogP contribution in [-0.2, 0) is 14.3 Å². The number of ether oxygens (including phenoxy) is 2. The standard InChI is InChI=1S/C23H26N2O5/c1-29-20(26)8-3-2-4-11-25-22(27)17-7-5-6-16-19(24-12-14-30-15-13-24)10-9-18(21(16)17)23(25)28/h5-7,9-10H,2-4,8,11-15H2,1H3. The lowest BCUT2D eigenvalue weighted by Gasteiger charge is -2.32. The summed E-state index contributed by atoms with van der Waals surface area (Å²) in [6.07, 6.45) is 2.44. The number of unbranched alkanes of at least 4 members (excludes halogenated alkanes) is 2. The van der Waals surface area contributed by atoms with Crippen molar-refractivity contribution < 1.29 is 23.9 Å². The molecule has 2 aliphatic rings. The number of imide groups is 1. The second-order valence-corrected chi connectivity index (χ2v) is 7.61. The van der Waals surface area contributed by atoms with Crippen LogP contribution in [0.2, 0.25) is 0 Å². The van der Waals surface area contributed by atoms with Crippen LogP contribution < -0.4 is 4.90 Å². The van der Waals surface area contributed by atoms with Gasteiger partial charge in [0, 0.05) is 53.6 Å². The SMILES string of the molecule is COC(=O)CCCCCN1C(=O)c2cccc3c(N4CCOCC4)ccc(c23)C1=O. The Balaban J connectivity index is 1.56. The van der Waals surface area contributed by atoms with Crippen LogP contribution in [0.25, 0.3) is 10.8 Å².